The van der Waals surface area contributed by atoms with Gasteiger partial charge in [-0.25, -0.2) is 0 Å². The molecule has 0 aliphatic carbocycles. The number of allylic oxidation sites excluding steroid dienone is 4. The predicted molar refractivity (Wildman–Crippen MR) is 123 cm³/mol. The Balaban J connectivity index is 0.00000190. The standard InChI is InChI=1S/C21H27BrN2O2.C2H6/c1-16(13-18(22)8-6-12-26-3)10-11-17-7-4-5-9-20(17)21-23-14-19(15-25)24(21)2;1-2/h4-9,13,19,25H,1,10-12,14-15H2,2-3H3;1-2H3/b8-6-,18-13+;. The van der Waals surface area contributed by atoms with Crippen LogP contribution in [0.1, 0.15) is 31.4 Å². The van der Waals surface area contributed by atoms with Gasteiger partial charge < -0.3 is 14.7 Å². The minimum absolute atomic E-state index is 0.0748. The molecule has 0 amide bonds. The van der Waals surface area contributed by atoms with Crippen molar-refractivity contribution in [2.75, 3.05) is 33.9 Å². The van der Waals surface area contributed by atoms with Gasteiger partial charge in [0.1, 0.15) is 5.84 Å². The summed E-state index contributed by atoms with van der Waals surface area (Å²) in [4.78, 5) is 6.71. The maximum absolute atomic E-state index is 9.46. The van der Waals surface area contributed by atoms with Gasteiger partial charge in [0, 0.05) is 24.2 Å². The van der Waals surface area contributed by atoms with Gasteiger partial charge in [0.05, 0.1) is 25.8 Å². The van der Waals surface area contributed by atoms with E-state index in [1.807, 2.05) is 45.2 Å². The van der Waals surface area contributed by atoms with E-state index in [2.05, 4.69) is 50.6 Å². The van der Waals surface area contributed by atoms with Crippen LogP contribution in [0.15, 0.2) is 64.1 Å². The molecule has 154 valence electrons. The molecular formula is C23H33BrN2O2. The molecule has 28 heavy (non-hydrogen) atoms. The molecule has 0 aromatic heterocycles. The van der Waals surface area contributed by atoms with Gasteiger partial charge in [0.15, 0.2) is 0 Å². The van der Waals surface area contributed by atoms with E-state index in [-0.39, 0.29) is 12.6 Å². The van der Waals surface area contributed by atoms with Crippen LogP contribution < -0.4 is 0 Å². The number of halogens is 1. The summed E-state index contributed by atoms with van der Waals surface area (Å²) in [5.74, 6) is 0.962. The third-order valence-corrected chi connectivity index (χ3v) is 4.89. The number of rotatable bonds is 9. The van der Waals surface area contributed by atoms with Crippen LogP contribution in [-0.2, 0) is 11.2 Å². The monoisotopic (exact) mass is 448 g/mol. The summed E-state index contributed by atoms with van der Waals surface area (Å²) in [7, 11) is 3.67. The Bertz CT molecular complexity index is 710. The number of benzene rings is 1. The summed E-state index contributed by atoms with van der Waals surface area (Å²) in [5, 5.41) is 9.46. The van der Waals surface area contributed by atoms with Crippen LogP contribution in [0.3, 0.4) is 0 Å². The number of aliphatic imine (C=N–C) groups is 1. The number of hydrogen-bond acceptors (Lipinski definition) is 4. The second-order valence-electron chi connectivity index (χ2n) is 6.31. The first-order valence-corrected chi connectivity index (χ1v) is 10.5. The Hall–Kier alpha value is -1.69. The number of ether oxygens (including phenoxy) is 1. The number of hydrogen-bond donors (Lipinski definition) is 1. The maximum Gasteiger partial charge on any atom is 0.131 e. The lowest BCUT2D eigenvalue weighted by molar-refractivity contribution is 0.212. The summed E-state index contributed by atoms with van der Waals surface area (Å²) < 4.78 is 5.99. The average Bonchev–Trinajstić information content (AvgIpc) is 3.08. The molecular weight excluding hydrogens is 416 g/mol. The van der Waals surface area contributed by atoms with Crippen LogP contribution in [0.4, 0.5) is 0 Å². The number of amidine groups is 1. The quantitative estimate of drug-likeness (QED) is 0.554. The highest BCUT2D eigenvalue weighted by Gasteiger charge is 2.25. The lowest BCUT2D eigenvalue weighted by Gasteiger charge is -2.22. The topological polar surface area (TPSA) is 45.1 Å². The predicted octanol–water partition coefficient (Wildman–Crippen LogP) is 4.74. The zero-order valence-electron chi connectivity index (χ0n) is 17.5. The number of aryl methyl sites for hydroxylation is 1. The molecule has 0 radical (unpaired) electrons. The zero-order chi connectivity index (χ0) is 20.9. The summed E-state index contributed by atoms with van der Waals surface area (Å²) in [6, 6.07) is 8.41. The minimum atomic E-state index is 0.0748. The summed E-state index contributed by atoms with van der Waals surface area (Å²) in [6.07, 6.45) is 7.72. The summed E-state index contributed by atoms with van der Waals surface area (Å²) in [5.41, 5.74) is 3.45. The van der Waals surface area contributed by atoms with Gasteiger partial charge in [0.25, 0.3) is 0 Å². The second-order valence-corrected chi connectivity index (χ2v) is 7.23. The highest BCUT2D eigenvalue weighted by atomic mass is 79.9. The van der Waals surface area contributed by atoms with E-state index < -0.39 is 0 Å². The van der Waals surface area contributed by atoms with Crippen LogP contribution in [0.2, 0.25) is 0 Å². The van der Waals surface area contributed by atoms with E-state index in [1.54, 1.807) is 7.11 Å². The van der Waals surface area contributed by atoms with Crippen molar-refractivity contribution in [3.8, 4) is 0 Å². The Morgan fingerprint density at radius 2 is 2.11 bits per heavy atom. The first-order valence-electron chi connectivity index (χ1n) is 9.73. The van der Waals surface area contributed by atoms with E-state index in [0.717, 1.165) is 34.3 Å². The molecule has 1 heterocycles. The third-order valence-electron chi connectivity index (χ3n) is 4.40. The van der Waals surface area contributed by atoms with E-state index in [9.17, 15) is 5.11 Å². The van der Waals surface area contributed by atoms with Crippen molar-refractivity contribution in [2.24, 2.45) is 4.99 Å². The first kappa shape index (κ1) is 24.3. The lowest BCUT2D eigenvalue weighted by atomic mass is 9.99. The fourth-order valence-corrected chi connectivity index (χ4v) is 3.39. The maximum atomic E-state index is 9.46. The smallest absolute Gasteiger partial charge is 0.131 e. The van der Waals surface area contributed by atoms with Crippen molar-refractivity contribution in [3.63, 3.8) is 0 Å². The fraction of sp³-hybridized carbons (Fsp3) is 0.435. The molecule has 1 aliphatic heterocycles. The van der Waals surface area contributed by atoms with Crippen LogP contribution in [0, 0.1) is 0 Å². The summed E-state index contributed by atoms with van der Waals surface area (Å²) in [6.45, 7) is 9.52. The highest BCUT2D eigenvalue weighted by molar-refractivity contribution is 9.11. The average molecular weight is 449 g/mol. The van der Waals surface area contributed by atoms with Gasteiger partial charge >= 0.3 is 0 Å². The Morgan fingerprint density at radius 1 is 1.39 bits per heavy atom. The molecule has 1 unspecified atom stereocenters. The molecule has 0 saturated carbocycles. The largest absolute Gasteiger partial charge is 0.394 e. The molecule has 5 heteroatoms. The van der Waals surface area contributed by atoms with Crippen LogP contribution in [-0.4, -0.2) is 55.8 Å². The number of aliphatic hydroxyl groups is 1. The SMILES string of the molecule is C=C(/C=C(Br)\C=C/COC)CCc1ccccc1C1=NCC(CO)N1C.CC. The molecule has 1 N–H and O–H groups in total. The fourth-order valence-electron chi connectivity index (χ4n) is 2.88. The number of likely N-dealkylation sites (N-methyl/N-ethyl adjacent to an activating group) is 1. The molecule has 0 spiro atoms. The lowest BCUT2D eigenvalue weighted by Crippen LogP contribution is -2.36. The molecule has 1 atom stereocenters. The van der Waals surface area contributed by atoms with Gasteiger partial charge in [-0.2, -0.15) is 0 Å². The normalized spacial score (nSPS) is 16.8. The van der Waals surface area contributed by atoms with Crippen molar-refractivity contribution in [1.29, 1.82) is 0 Å². The van der Waals surface area contributed by atoms with Crippen molar-refractivity contribution < 1.29 is 9.84 Å². The Labute approximate surface area is 178 Å². The van der Waals surface area contributed by atoms with Crippen molar-refractivity contribution >= 4 is 21.8 Å². The molecule has 0 fully saturated rings. The van der Waals surface area contributed by atoms with Gasteiger partial charge in [-0.3, -0.25) is 4.99 Å². The van der Waals surface area contributed by atoms with Crippen LogP contribution in [0.5, 0.6) is 0 Å². The zero-order valence-corrected chi connectivity index (χ0v) is 19.1. The molecule has 4 nitrogen and oxygen atoms in total. The first-order chi connectivity index (χ1) is 13.6. The highest BCUT2D eigenvalue weighted by Crippen LogP contribution is 2.21. The molecule has 1 aromatic carbocycles. The number of nitrogens with zero attached hydrogens (tertiary/aromatic N) is 2. The van der Waals surface area contributed by atoms with Gasteiger partial charge in [0.2, 0.25) is 0 Å². The Kier molecular flexibility index (Phi) is 11.7. The van der Waals surface area contributed by atoms with E-state index in [0.29, 0.717) is 13.2 Å². The number of aliphatic hydroxyl groups excluding tert-OH is 1. The van der Waals surface area contributed by atoms with Crippen molar-refractivity contribution in [1.82, 2.24) is 4.90 Å². The molecule has 0 saturated heterocycles. The van der Waals surface area contributed by atoms with Gasteiger partial charge in [-0.1, -0.05) is 72.3 Å². The van der Waals surface area contributed by atoms with E-state index in [4.69, 9.17) is 4.74 Å². The molecule has 2 rings (SSSR count). The number of methoxy groups -OCH3 is 1. The van der Waals surface area contributed by atoms with Crippen molar-refractivity contribution in [3.05, 3.63) is 70.3 Å². The third kappa shape index (κ3) is 7.38. The molecule has 0 bridgehead atoms. The Morgan fingerprint density at radius 3 is 2.75 bits per heavy atom. The van der Waals surface area contributed by atoms with Gasteiger partial charge in [-0.15, -0.1) is 0 Å². The minimum Gasteiger partial charge on any atom is -0.394 e. The van der Waals surface area contributed by atoms with Crippen LogP contribution in [0.25, 0.3) is 0 Å². The van der Waals surface area contributed by atoms with Crippen molar-refractivity contribution in [2.45, 2.75) is 32.7 Å². The van der Waals surface area contributed by atoms with E-state index >= 15 is 0 Å². The molecule has 1 aromatic rings. The van der Waals surface area contributed by atoms with Gasteiger partial charge in [-0.05, 0) is 30.6 Å². The van der Waals surface area contributed by atoms with Crippen LogP contribution >= 0.6 is 15.9 Å². The van der Waals surface area contributed by atoms with E-state index in [1.165, 1.54) is 5.56 Å². The second kappa shape index (κ2) is 13.5. The molecule has 1 aliphatic rings. The summed E-state index contributed by atoms with van der Waals surface area (Å²) >= 11 is 3.53.